The molecule has 0 unspecified atom stereocenters. The third-order valence-electron chi connectivity index (χ3n) is 2.56. The molecule has 5 nitrogen and oxygen atoms in total. The first-order valence-electron chi connectivity index (χ1n) is 6.25. The molecule has 0 aromatic heterocycles. The molecule has 0 spiro atoms. The summed E-state index contributed by atoms with van der Waals surface area (Å²) in [6, 6.07) is 5.63. The Morgan fingerprint density at radius 2 is 1.95 bits per heavy atom. The van der Waals surface area contributed by atoms with Crippen LogP contribution in [0.25, 0.3) is 0 Å². The molecule has 1 amide bonds. The molecule has 1 aromatic carbocycles. The Balaban J connectivity index is -0.000000240. The van der Waals surface area contributed by atoms with Crippen LogP contribution in [0, 0.1) is 11.8 Å². The zero-order valence-electron chi connectivity index (χ0n) is 11.9. The van der Waals surface area contributed by atoms with Crippen molar-refractivity contribution in [2.24, 2.45) is 17.2 Å². The quantitative estimate of drug-likeness (QED) is 0.560. The number of fused-ring (bicyclic) bond motifs is 1. The number of aryl methyl sites for hydroxylation is 1. The standard InChI is InChI=1S/C13H11NO2.2CH5N.3H2/c14-13(16)7-5-9-4-6-10-2-1-3-12(15)11(10)8-9;2*1-2;;;/h4,6,8H,2,5,7H2,(H2,14,16);2*2H2,1H3;3*1H. The van der Waals surface area contributed by atoms with E-state index in [1.807, 2.05) is 18.2 Å². The number of nitrogens with two attached hydrogens (primary N) is 3. The second-order valence-electron chi connectivity index (χ2n) is 3.77. The summed E-state index contributed by atoms with van der Waals surface area (Å²) in [5.74, 6) is 4.87. The maximum Gasteiger partial charge on any atom is 0.236 e. The molecular weight excluding hydrogens is 254 g/mol. The summed E-state index contributed by atoms with van der Waals surface area (Å²) < 4.78 is 0. The Morgan fingerprint density at radius 3 is 2.55 bits per heavy atom. The first-order chi connectivity index (χ1) is 9.66. The molecule has 114 valence electrons. The first-order valence-corrected chi connectivity index (χ1v) is 6.25. The molecule has 0 atom stereocenters. The summed E-state index contributed by atoms with van der Waals surface area (Å²) in [4.78, 5) is 22.2. The van der Waals surface area contributed by atoms with E-state index < -0.39 is 0 Å². The predicted octanol–water partition coefficient (Wildman–Crippen LogP) is 0.735. The molecule has 1 aliphatic rings. The zero-order chi connectivity index (χ0) is 15.5. The van der Waals surface area contributed by atoms with Gasteiger partial charge in [0.1, 0.15) is 0 Å². The van der Waals surface area contributed by atoms with Gasteiger partial charge in [-0.05, 0) is 43.6 Å². The van der Waals surface area contributed by atoms with Crippen molar-refractivity contribution in [1.82, 2.24) is 0 Å². The smallest absolute Gasteiger partial charge is 0.236 e. The topological polar surface area (TPSA) is 112 Å². The van der Waals surface area contributed by atoms with Crippen molar-refractivity contribution in [2.45, 2.75) is 19.3 Å². The van der Waals surface area contributed by atoms with Crippen molar-refractivity contribution >= 4 is 11.7 Å². The highest BCUT2D eigenvalue weighted by atomic mass is 16.1. The summed E-state index contributed by atoms with van der Waals surface area (Å²) >= 11 is 0. The van der Waals surface area contributed by atoms with E-state index in [1.54, 1.807) is 0 Å². The second-order valence-corrected chi connectivity index (χ2v) is 3.77. The van der Waals surface area contributed by atoms with E-state index in [2.05, 4.69) is 23.3 Å². The largest absolute Gasteiger partial charge is 0.370 e. The average Bonchev–Trinajstić information content (AvgIpc) is 2.50. The van der Waals surface area contributed by atoms with Crippen molar-refractivity contribution in [1.29, 1.82) is 0 Å². The molecule has 1 aliphatic carbocycles. The van der Waals surface area contributed by atoms with Crippen LogP contribution in [0.1, 0.15) is 32.2 Å². The summed E-state index contributed by atoms with van der Waals surface area (Å²) in [7, 11) is 3.00. The summed E-state index contributed by atoms with van der Waals surface area (Å²) in [6.45, 7) is 0. The minimum atomic E-state index is -0.330. The SMILES string of the molecule is CN.CN.NC(=O)CCc1ccc2c(c1)C(=O)C#CC2.[HH].[HH].[HH]. The molecule has 5 heteroatoms. The number of Topliss-reactive ketones (excluding diaryl/α,β-unsaturated/α-hetero) is 1. The number of amides is 1. The predicted molar refractivity (Wildman–Crippen MR) is 86.3 cm³/mol. The number of rotatable bonds is 3. The van der Waals surface area contributed by atoms with Gasteiger partial charge >= 0.3 is 0 Å². The van der Waals surface area contributed by atoms with Gasteiger partial charge < -0.3 is 17.2 Å². The lowest BCUT2D eigenvalue weighted by Crippen LogP contribution is -2.12. The van der Waals surface area contributed by atoms with Crippen molar-refractivity contribution in [2.75, 3.05) is 14.1 Å². The van der Waals surface area contributed by atoms with Crippen molar-refractivity contribution < 1.29 is 13.9 Å². The molecule has 2 rings (SSSR count). The van der Waals surface area contributed by atoms with Gasteiger partial charge in [0.2, 0.25) is 11.7 Å². The van der Waals surface area contributed by atoms with E-state index in [1.165, 1.54) is 14.1 Å². The number of carbonyl (C=O) groups excluding carboxylic acids is 2. The van der Waals surface area contributed by atoms with Crippen LogP contribution in [0.3, 0.4) is 0 Å². The van der Waals surface area contributed by atoms with E-state index >= 15 is 0 Å². The Hall–Kier alpha value is -2.16. The molecule has 0 bridgehead atoms. The van der Waals surface area contributed by atoms with Gasteiger partial charge in [-0.1, -0.05) is 18.1 Å². The van der Waals surface area contributed by atoms with E-state index in [0.29, 0.717) is 24.8 Å². The van der Waals surface area contributed by atoms with E-state index in [0.717, 1.165) is 11.1 Å². The Kier molecular flexibility index (Phi) is 8.68. The van der Waals surface area contributed by atoms with Crippen molar-refractivity contribution in [3.05, 3.63) is 34.9 Å². The zero-order valence-corrected chi connectivity index (χ0v) is 11.9. The van der Waals surface area contributed by atoms with Crippen LogP contribution < -0.4 is 17.2 Å². The number of benzene rings is 1. The van der Waals surface area contributed by atoms with Crippen LogP contribution in [0.5, 0.6) is 0 Å². The van der Waals surface area contributed by atoms with Gasteiger partial charge in [0.15, 0.2) is 0 Å². The summed E-state index contributed by atoms with van der Waals surface area (Å²) in [5, 5.41) is 0. The van der Waals surface area contributed by atoms with E-state index in [-0.39, 0.29) is 16.0 Å². The van der Waals surface area contributed by atoms with Gasteiger partial charge in [-0.25, -0.2) is 0 Å². The number of ketones is 1. The van der Waals surface area contributed by atoms with Crippen molar-refractivity contribution in [3.63, 3.8) is 0 Å². The molecule has 0 fully saturated rings. The van der Waals surface area contributed by atoms with Gasteiger partial charge in [0, 0.05) is 22.7 Å². The van der Waals surface area contributed by atoms with Gasteiger partial charge in [-0.2, -0.15) is 0 Å². The van der Waals surface area contributed by atoms with Crippen LogP contribution >= 0.6 is 0 Å². The number of hydrogen-bond donors (Lipinski definition) is 3. The van der Waals surface area contributed by atoms with Crippen LogP contribution in [0.2, 0.25) is 0 Å². The van der Waals surface area contributed by atoms with Crippen LogP contribution in [0.4, 0.5) is 0 Å². The van der Waals surface area contributed by atoms with Crippen LogP contribution in [-0.2, 0) is 17.6 Å². The highest BCUT2D eigenvalue weighted by Gasteiger charge is 2.13. The number of hydrogen-bond acceptors (Lipinski definition) is 4. The highest BCUT2D eigenvalue weighted by Crippen LogP contribution is 2.16. The van der Waals surface area contributed by atoms with E-state index in [9.17, 15) is 9.59 Å². The molecular formula is C15H27N3O2. The third kappa shape index (κ3) is 5.22. The Morgan fingerprint density at radius 1 is 1.30 bits per heavy atom. The van der Waals surface area contributed by atoms with Gasteiger partial charge in [-0.3, -0.25) is 9.59 Å². The minimum absolute atomic E-state index is 0. The van der Waals surface area contributed by atoms with Gasteiger partial charge in [-0.15, -0.1) is 0 Å². The lowest BCUT2D eigenvalue weighted by Gasteiger charge is -2.09. The highest BCUT2D eigenvalue weighted by molar-refractivity contribution is 6.11. The summed E-state index contributed by atoms with van der Waals surface area (Å²) in [6.07, 6.45) is 1.50. The fraction of sp³-hybridized carbons (Fsp3) is 0.333. The van der Waals surface area contributed by atoms with Crippen molar-refractivity contribution in [3.8, 4) is 11.8 Å². The van der Waals surface area contributed by atoms with E-state index in [4.69, 9.17) is 5.73 Å². The first kappa shape index (κ1) is 17.8. The van der Waals surface area contributed by atoms with Gasteiger partial charge in [0.05, 0.1) is 0 Å². The summed E-state index contributed by atoms with van der Waals surface area (Å²) in [5.41, 5.74) is 16.7. The molecule has 0 saturated carbocycles. The van der Waals surface area contributed by atoms with Gasteiger partial charge in [0.25, 0.3) is 0 Å². The molecule has 0 aliphatic heterocycles. The number of carbonyl (C=O) groups is 2. The lowest BCUT2D eigenvalue weighted by molar-refractivity contribution is -0.117. The molecule has 0 heterocycles. The second kappa shape index (κ2) is 9.73. The fourth-order valence-electron chi connectivity index (χ4n) is 1.70. The Labute approximate surface area is 124 Å². The third-order valence-corrected chi connectivity index (χ3v) is 2.56. The minimum Gasteiger partial charge on any atom is -0.370 e. The lowest BCUT2D eigenvalue weighted by atomic mass is 9.94. The van der Waals surface area contributed by atoms with Crippen LogP contribution in [-0.4, -0.2) is 25.8 Å². The molecule has 0 saturated heterocycles. The maximum atomic E-state index is 11.5. The number of primary amides is 1. The normalized spacial score (nSPS) is 10.7. The maximum absolute atomic E-state index is 11.5. The molecule has 6 N–H and O–H groups in total. The van der Waals surface area contributed by atoms with Crippen LogP contribution in [0.15, 0.2) is 18.2 Å². The average molecular weight is 281 g/mol. The molecule has 20 heavy (non-hydrogen) atoms. The molecule has 1 aromatic rings. The Bertz CT molecular complexity index is 541. The molecule has 0 radical (unpaired) electrons. The fourth-order valence-corrected chi connectivity index (χ4v) is 1.70. The monoisotopic (exact) mass is 281 g/mol.